The summed E-state index contributed by atoms with van der Waals surface area (Å²) in [6.45, 7) is 0. The first kappa shape index (κ1) is 22.2. The second-order valence-electron chi connectivity index (χ2n) is 9.20. The van der Waals surface area contributed by atoms with E-state index in [1.54, 1.807) is 12.4 Å². The summed E-state index contributed by atoms with van der Waals surface area (Å²) < 4.78 is 2.25. The first-order valence-electron chi connectivity index (χ1n) is 12.5. The van der Waals surface area contributed by atoms with Gasteiger partial charge in [-0.25, -0.2) is 4.98 Å². The van der Waals surface area contributed by atoms with Gasteiger partial charge >= 0.3 is 0 Å². The molecule has 0 saturated carbocycles. The lowest BCUT2D eigenvalue weighted by Crippen LogP contribution is -2.07. The second-order valence-corrected chi connectivity index (χ2v) is 9.20. The molecule has 0 amide bonds. The van der Waals surface area contributed by atoms with E-state index in [-0.39, 0.29) is 0 Å². The molecule has 7 rings (SSSR count). The maximum absolute atomic E-state index is 6.48. The Morgan fingerprint density at radius 1 is 0.526 bits per heavy atom. The Balaban J connectivity index is 1.38. The molecule has 0 bridgehead atoms. The van der Waals surface area contributed by atoms with Crippen molar-refractivity contribution in [1.29, 1.82) is 0 Å². The van der Waals surface area contributed by atoms with Crippen molar-refractivity contribution in [3.63, 3.8) is 0 Å². The largest absolute Gasteiger partial charge is 0.310 e. The van der Waals surface area contributed by atoms with Crippen LogP contribution in [0, 0.1) is 0 Å². The Hall–Kier alpha value is -5.03. The molecule has 4 nitrogen and oxygen atoms in total. The molecule has 0 spiro atoms. The molecular weight excluding hydrogens is 463 g/mol. The summed E-state index contributed by atoms with van der Waals surface area (Å²) in [6.07, 6.45) is 3.58. The number of rotatable bonds is 4. The number of para-hydroxylation sites is 2. The zero-order valence-corrected chi connectivity index (χ0v) is 20.5. The van der Waals surface area contributed by atoms with Crippen LogP contribution in [0.4, 0.5) is 0 Å². The summed E-state index contributed by atoms with van der Waals surface area (Å²) in [4.78, 5) is 14.0. The van der Waals surface area contributed by atoms with Crippen LogP contribution >= 0.6 is 0 Å². The highest BCUT2D eigenvalue weighted by atomic mass is 15.0. The summed E-state index contributed by atoms with van der Waals surface area (Å²) in [5, 5.41) is 2.34. The Morgan fingerprint density at radius 2 is 1.16 bits per heavy atom. The number of nitrogens with zero attached hydrogens (tertiary/aromatic N) is 4. The molecule has 0 aliphatic rings. The number of hydrogen-bond donors (Lipinski definition) is 0. The van der Waals surface area contributed by atoms with Crippen LogP contribution < -0.4 is 5.46 Å². The van der Waals surface area contributed by atoms with Crippen LogP contribution in [0.1, 0.15) is 0 Å². The number of pyridine rings is 3. The van der Waals surface area contributed by atoms with E-state index in [0.717, 1.165) is 61.5 Å². The van der Waals surface area contributed by atoms with Crippen molar-refractivity contribution in [3.05, 3.63) is 128 Å². The summed E-state index contributed by atoms with van der Waals surface area (Å²) in [6, 6.07) is 39.0. The third-order valence-electron chi connectivity index (χ3n) is 6.86. The van der Waals surface area contributed by atoms with Gasteiger partial charge in [0.2, 0.25) is 0 Å². The lowest BCUT2D eigenvalue weighted by molar-refractivity contribution is 1.18. The van der Waals surface area contributed by atoms with Crippen LogP contribution in [-0.2, 0) is 0 Å². The third-order valence-corrected chi connectivity index (χ3v) is 6.86. The minimum absolute atomic E-state index is 0.761. The van der Waals surface area contributed by atoms with Crippen LogP contribution in [0.3, 0.4) is 0 Å². The fourth-order valence-electron chi connectivity index (χ4n) is 5.10. The Labute approximate surface area is 221 Å². The normalized spacial score (nSPS) is 11.3. The fraction of sp³-hybridized carbons (Fsp3) is 0. The molecule has 4 aromatic heterocycles. The standard InChI is InChI=1S/C33H21BN4/c34-27-10-7-9-26-25-8-1-2-13-32(25)38(33(26)27)24-16-14-22(15-17-24)23-20-30(28-11-3-5-18-35-28)37-31(21-23)29-12-4-6-19-36-29/h1-21H. The van der Waals surface area contributed by atoms with Gasteiger partial charge in [0.05, 0.1) is 28.3 Å². The molecule has 0 fully saturated rings. The molecule has 0 N–H and O–H groups in total. The van der Waals surface area contributed by atoms with E-state index >= 15 is 0 Å². The molecule has 176 valence electrons. The van der Waals surface area contributed by atoms with E-state index < -0.39 is 0 Å². The van der Waals surface area contributed by atoms with Crippen LogP contribution in [0.25, 0.3) is 61.4 Å². The molecule has 0 aliphatic carbocycles. The Kier molecular flexibility index (Phi) is 5.33. The number of fused-ring (bicyclic) bond motifs is 3. The average molecular weight is 484 g/mol. The van der Waals surface area contributed by atoms with Crippen LogP contribution in [0.15, 0.2) is 128 Å². The molecule has 2 radical (unpaired) electrons. The van der Waals surface area contributed by atoms with Crippen LogP contribution in [0.2, 0.25) is 0 Å². The van der Waals surface area contributed by atoms with Gasteiger partial charge < -0.3 is 4.57 Å². The zero-order valence-electron chi connectivity index (χ0n) is 20.5. The molecule has 0 atom stereocenters. The Bertz CT molecular complexity index is 1850. The second kappa shape index (κ2) is 9.13. The van der Waals surface area contributed by atoms with Gasteiger partial charge in [0.1, 0.15) is 7.85 Å². The highest BCUT2D eigenvalue weighted by Gasteiger charge is 2.14. The van der Waals surface area contributed by atoms with Gasteiger partial charge in [-0.05, 0) is 65.7 Å². The van der Waals surface area contributed by atoms with Gasteiger partial charge in [-0.2, -0.15) is 0 Å². The first-order chi connectivity index (χ1) is 18.8. The predicted octanol–water partition coefficient (Wildman–Crippen LogP) is 6.76. The van der Waals surface area contributed by atoms with Gasteiger partial charge in [-0.15, -0.1) is 0 Å². The van der Waals surface area contributed by atoms with Crippen molar-refractivity contribution in [2.45, 2.75) is 0 Å². The van der Waals surface area contributed by atoms with E-state index in [1.807, 2.05) is 48.5 Å². The maximum atomic E-state index is 6.48. The highest BCUT2D eigenvalue weighted by molar-refractivity contribution is 6.40. The van der Waals surface area contributed by atoms with Crippen molar-refractivity contribution in [3.8, 4) is 39.6 Å². The lowest BCUT2D eigenvalue weighted by atomic mass is 9.93. The van der Waals surface area contributed by atoms with E-state index in [4.69, 9.17) is 12.8 Å². The van der Waals surface area contributed by atoms with E-state index in [2.05, 4.69) is 81.3 Å². The maximum Gasteiger partial charge on any atom is 0.116 e. The molecule has 3 aromatic carbocycles. The molecule has 0 saturated heterocycles. The van der Waals surface area contributed by atoms with E-state index in [9.17, 15) is 0 Å². The van der Waals surface area contributed by atoms with Gasteiger partial charge in [0.25, 0.3) is 0 Å². The minimum Gasteiger partial charge on any atom is -0.310 e. The Morgan fingerprint density at radius 3 is 1.82 bits per heavy atom. The molecular formula is C33H21BN4. The lowest BCUT2D eigenvalue weighted by Gasteiger charge is -2.12. The number of hydrogen-bond acceptors (Lipinski definition) is 3. The number of benzene rings is 3. The zero-order chi connectivity index (χ0) is 25.5. The van der Waals surface area contributed by atoms with Crippen molar-refractivity contribution in [2.24, 2.45) is 0 Å². The van der Waals surface area contributed by atoms with Crippen molar-refractivity contribution in [2.75, 3.05) is 0 Å². The van der Waals surface area contributed by atoms with Crippen molar-refractivity contribution < 1.29 is 0 Å². The summed E-state index contributed by atoms with van der Waals surface area (Å²) in [7, 11) is 6.48. The smallest absolute Gasteiger partial charge is 0.116 e. The fourth-order valence-corrected chi connectivity index (χ4v) is 5.10. The molecule has 0 aliphatic heterocycles. The summed E-state index contributed by atoms with van der Waals surface area (Å²) in [5.74, 6) is 0. The molecule has 5 heteroatoms. The van der Waals surface area contributed by atoms with Crippen molar-refractivity contribution >= 4 is 35.1 Å². The monoisotopic (exact) mass is 484 g/mol. The average Bonchev–Trinajstić information content (AvgIpc) is 3.34. The topological polar surface area (TPSA) is 43.6 Å². The van der Waals surface area contributed by atoms with Gasteiger partial charge in [-0.3, -0.25) is 9.97 Å². The minimum atomic E-state index is 0.761. The summed E-state index contributed by atoms with van der Waals surface area (Å²) in [5.41, 5.74) is 9.37. The van der Waals surface area contributed by atoms with Crippen molar-refractivity contribution in [1.82, 2.24) is 19.5 Å². The van der Waals surface area contributed by atoms with Crippen LogP contribution in [0.5, 0.6) is 0 Å². The summed E-state index contributed by atoms with van der Waals surface area (Å²) >= 11 is 0. The van der Waals surface area contributed by atoms with Gasteiger partial charge in [0.15, 0.2) is 0 Å². The number of aromatic nitrogens is 4. The molecule has 7 aromatic rings. The predicted molar refractivity (Wildman–Crippen MR) is 156 cm³/mol. The third kappa shape index (κ3) is 3.77. The highest BCUT2D eigenvalue weighted by Crippen LogP contribution is 2.33. The molecule has 38 heavy (non-hydrogen) atoms. The molecule has 0 unspecified atom stereocenters. The first-order valence-corrected chi connectivity index (χ1v) is 12.5. The van der Waals surface area contributed by atoms with Gasteiger partial charge in [0, 0.05) is 34.4 Å². The SMILES string of the molecule is [B]c1cccc2c3ccccc3n(-c3ccc(-c4cc(-c5ccccn5)nc(-c5ccccn5)c4)cc3)c12. The van der Waals surface area contributed by atoms with Crippen LogP contribution in [-0.4, -0.2) is 27.4 Å². The molecule has 4 heterocycles. The quantitative estimate of drug-likeness (QED) is 0.259. The van der Waals surface area contributed by atoms with Gasteiger partial charge in [-0.1, -0.05) is 66.1 Å². The van der Waals surface area contributed by atoms with E-state index in [1.165, 1.54) is 5.39 Å². The van der Waals surface area contributed by atoms with E-state index in [0.29, 0.717) is 0 Å².